The smallest absolute Gasteiger partial charge is 0.252 e. The minimum Gasteiger partial charge on any atom is -0.366 e. The molecule has 0 saturated carbocycles. The van der Waals surface area contributed by atoms with Gasteiger partial charge in [0.05, 0.1) is 13.2 Å². The summed E-state index contributed by atoms with van der Waals surface area (Å²) in [7, 11) is 0. The Labute approximate surface area is 93.6 Å². The van der Waals surface area contributed by atoms with E-state index in [1.807, 2.05) is 30.3 Å². The molecule has 0 aliphatic carbocycles. The summed E-state index contributed by atoms with van der Waals surface area (Å²) in [6, 6.07) is 9.95. The molecular weight excluding hydrogens is 214 g/mol. The monoisotopic (exact) mass is 225 g/mol. The number of hydrogen-bond acceptors (Lipinski definition) is 3. The van der Waals surface area contributed by atoms with Gasteiger partial charge in [-0.1, -0.05) is 18.2 Å². The largest absolute Gasteiger partial charge is 0.366 e. The number of benzene rings is 1. The van der Waals surface area contributed by atoms with Gasteiger partial charge in [-0.25, -0.2) is 0 Å². The molecule has 4 heteroatoms. The van der Waals surface area contributed by atoms with Gasteiger partial charge in [0.1, 0.15) is 6.10 Å². The second kappa shape index (κ2) is 4.64. The lowest BCUT2D eigenvalue weighted by Gasteiger charge is -2.32. The van der Waals surface area contributed by atoms with Crippen molar-refractivity contribution in [2.45, 2.75) is 6.10 Å². The quantitative estimate of drug-likeness (QED) is 0.717. The minimum atomic E-state index is -0.499. The van der Waals surface area contributed by atoms with Crippen LogP contribution in [0.3, 0.4) is 0 Å². The van der Waals surface area contributed by atoms with E-state index in [1.54, 1.807) is 0 Å². The molecule has 1 aliphatic rings. The maximum Gasteiger partial charge on any atom is 0.252 e. The van der Waals surface area contributed by atoms with E-state index in [2.05, 4.69) is 4.90 Å². The third kappa shape index (κ3) is 2.49. The Kier molecular flexibility index (Phi) is 3.23. The molecule has 3 nitrogen and oxygen atoms in total. The van der Waals surface area contributed by atoms with Gasteiger partial charge < -0.3 is 9.64 Å². The van der Waals surface area contributed by atoms with Crippen molar-refractivity contribution in [1.29, 1.82) is 0 Å². The van der Waals surface area contributed by atoms with E-state index in [0.717, 1.165) is 12.2 Å². The molecule has 2 rings (SSSR count). The summed E-state index contributed by atoms with van der Waals surface area (Å²) < 4.78 is 5.27. The van der Waals surface area contributed by atoms with Crippen molar-refractivity contribution in [2.75, 3.05) is 24.6 Å². The summed E-state index contributed by atoms with van der Waals surface area (Å²) >= 11 is 5.42. The molecule has 1 unspecified atom stereocenters. The van der Waals surface area contributed by atoms with Gasteiger partial charge in [0.25, 0.3) is 5.24 Å². The number of nitrogens with zero attached hydrogens (tertiary/aromatic N) is 1. The van der Waals surface area contributed by atoms with Crippen molar-refractivity contribution in [1.82, 2.24) is 0 Å². The lowest BCUT2D eigenvalue weighted by Crippen LogP contribution is -2.45. The van der Waals surface area contributed by atoms with E-state index in [0.29, 0.717) is 13.2 Å². The van der Waals surface area contributed by atoms with Crippen molar-refractivity contribution in [3.8, 4) is 0 Å². The highest BCUT2D eigenvalue weighted by atomic mass is 35.5. The molecule has 1 heterocycles. The van der Waals surface area contributed by atoms with Gasteiger partial charge in [0, 0.05) is 12.2 Å². The van der Waals surface area contributed by atoms with Crippen molar-refractivity contribution >= 4 is 22.5 Å². The number of morpholine rings is 1. The molecule has 1 aromatic rings. The molecule has 0 N–H and O–H groups in total. The Balaban J connectivity index is 2.08. The molecule has 80 valence electrons. The van der Waals surface area contributed by atoms with E-state index in [4.69, 9.17) is 16.3 Å². The number of carbonyl (C=O) groups is 1. The zero-order valence-corrected chi connectivity index (χ0v) is 8.98. The summed E-state index contributed by atoms with van der Waals surface area (Å²) in [5, 5.41) is -0.421. The normalized spacial score (nSPS) is 21.4. The van der Waals surface area contributed by atoms with Crippen molar-refractivity contribution in [2.24, 2.45) is 0 Å². The van der Waals surface area contributed by atoms with Crippen molar-refractivity contribution in [3.05, 3.63) is 30.3 Å². The number of rotatable bonds is 2. The van der Waals surface area contributed by atoms with Gasteiger partial charge in [-0.15, -0.1) is 0 Å². The van der Waals surface area contributed by atoms with E-state index < -0.39 is 11.3 Å². The highest BCUT2D eigenvalue weighted by molar-refractivity contribution is 6.64. The highest BCUT2D eigenvalue weighted by Crippen LogP contribution is 2.17. The SMILES string of the molecule is O=C(Cl)C1CN(c2ccccc2)CCO1. The molecule has 1 fully saturated rings. The van der Waals surface area contributed by atoms with E-state index in [-0.39, 0.29) is 0 Å². The Morgan fingerprint density at radius 1 is 1.40 bits per heavy atom. The third-order valence-electron chi connectivity index (χ3n) is 2.44. The Bertz CT molecular complexity index is 342. The fourth-order valence-corrected chi connectivity index (χ4v) is 1.79. The van der Waals surface area contributed by atoms with E-state index in [9.17, 15) is 4.79 Å². The molecule has 0 aromatic heterocycles. The third-order valence-corrected chi connectivity index (χ3v) is 2.68. The fourth-order valence-electron chi connectivity index (χ4n) is 1.66. The zero-order valence-electron chi connectivity index (χ0n) is 8.23. The number of para-hydroxylation sites is 1. The maximum absolute atomic E-state index is 11.0. The number of ether oxygens (including phenoxy) is 1. The van der Waals surface area contributed by atoms with Crippen LogP contribution in [0.2, 0.25) is 0 Å². The molecule has 1 saturated heterocycles. The summed E-state index contributed by atoms with van der Waals surface area (Å²) in [4.78, 5) is 13.1. The number of halogens is 1. The second-order valence-corrected chi connectivity index (χ2v) is 3.82. The van der Waals surface area contributed by atoms with Crippen LogP contribution in [-0.2, 0) is 9.53 Å². The number of hydrogen-bond donors (Lipinski definition) is 0. The van der Waals surface area contributed by atoms with Crippen LogP contribution in [0.4, 0.5) is 5.69 Å². The molecule has 1 aromatic carbocycles. The Hall–Kier alpha value is -1.06. The van der Waals surface area contributed by atoms with Crippen LogP contribution in [-0.4, -0.2) is 31.0 Å². The predicted molar refractivity (Wildman–Crippen MR) is 59.3 cm³/mol. The molecule has 0 bridgehead atoms. The van der Waals surface area contributed by atoms with Crippen LogP contribution in [0.1, 0.15) is 0 Å². The number of carbonyl (C=O) groups excluding carboxylic acids is 1. The van der Waals surface area contributed by atoms with Crippen LogP contribution in [0.5, 0.6) is 0 Å². The molecular formula is C11H12ClNO2. The topological polar surface area (TPSA) is 29.5 Å². The average Bonchev–Trinajstić information content (AvgIpc) is 2.30. The highest BCUT2D eigenvalue weighted by Gasteiger charge is 2.25. The summed E-state index contributed by atoms with van der Waals surface area (Å²) in [5.41, 5.74) is 1.10. The van der Waals surface area contributed by atoms with Gasteiger partial charge in [0.15, 0.2) is 0 Å². The first kappa shape index (κ1) is 10.5. The Morgan fingerprint density at radius 2 is 2.13 bits per heavy atom. The standard InChI is InChI=1S/C11H12ClNO2/c12-11(14)10-8-13(6-7-15-10)9-4-2-1-3-5-9/h1-5,10H,6-8H2. The zero-order chi connectivity index (χ0) is 10.7. The molecule has 0 amide bonds. The molecule has 1 atom stereocenters. The fraction of sp³-hybridized carbons (Fsp3) is 0.364. The van der Waals surface area contributed by atoms with Crippen LogP contribution in [0.15, 0.2) is 30.3 Å². The van der Waals surface area contributed by atoms with Crippen molar-refractivity contribution in [3.63, 3.8) is 0 Å². The molecule has 0 radical (unpaired) electrons. The minimum absolute atomic E-state index is 0.421. The average molecular weight is 226 g/mol. The molecule has 1 aliphatic heterocycles. The van der Waals surface area contributed by atoms with E-state index >= 15 is 0 Å². The van der Waals surface area contributed by atoms with E-state index in [1.165, 1.54) is 0 Å². The Morgan fingerprint density at radius 3 is 2.80 bits per heavy atom. The van der Waals surface area contributed by atoms with Gasteiger partial charge in [-0.3, -0.25) is 4.79 Å². The first-order valence-electron chi connectivity index (χ1n) is 4.88. The lowest BCUT2D eigenvalue weighted by atomic mass is 10.2. The van der Waals surface area contributed by atoms with Crippen molar-refractivity contribution < 1.29 is 9.53 Å². The molecule has 15 heavy (non-hydrogen) atoms. The van der Waals surface area contributed by atoms with Crippen LogP contribution >= 0.6 is 11.6 Å². The molecule has 0 spiro atoms. The summed E-state index contributed by atoms with van der Waals surface area (Å²) in [5.74, 6) is 0. The van der Waals surface area contributed by atoms with Gasteiger partial charge in [0.2, 0.25) is 0 Å². The predicted octanol–water partition coefficient (Wildman–Crippen LogP) is 1.66. The van der Waals surface area contributed by atoms with Gasteiger partial charge in [-0.2, -0.15) is 0 Å². The maximum atomic E-state index is 11.0. The van der Waals surface area contributed by atoms with Crippen LogP contribution in [0, 0.1) is 0 Å². The van der Waals surface area contributed by atoms with Crippen LogP contribution < -0.4 is 4.90 Å². The lowest BCUT2D eigenvalue weighted by molar-refractivity contribution is -0.122. The second-order valence-electron chi connectivity index (χ2n) is 3.45. The first-order chi connectivity index (χ1) is 7.27. The summed E-state index contributed by atoms with van der Waals surface area (Å²) in [6.07, 6.45) is -0.499. The summed E-state index contributed by atoms with van der Waals surface area (Å²) in [6.45, 7) is 1.87. The van der Waals surface area contributed by atoms with Crippen LogP contribution in [0.25, 0.3) is 0 Å². The first-order valence-corrected chi connectivity index (χ1v) is 5.26. The number of anilines is 1. The van der Waals surface area contributed by atoms with Gasteiger partial charge in [-0.05, 0) is 23.7 Å². The van der Waals surface area contributed by atoms with Gasteiger partial charge >= 0.3 is 0 Å².